The van der Waals surface area contributed by atoms with Crippen molar-refractivity contribution in [2.45, 2.75) is 0 Å². The Morgan fingerprint density at radius 3 is 2.15 bits per heavy atom. The van der Waals surface area contributed by atoms with E-state index in [9.17, 15) is 0 Å². The Labute approximate surface area is 153 Å². The Hall–Kier alpha value is -3.10. The number of pyridine rings is 2. The van der Waals surface area contributed by atoms with Gasteiger partial charge in [0.2, 0.25) is 0 Å². The van der Waals surface area contributed by atoms with Gasteiger partial charge in [-0.2, -0.15) is 0 Å². The van der Waals surface area contributed by atoms with Crippen molar-refractivity contribution in [3.8, 4) is 0 Å². The lowest BCUT2D eigenvalue weighted by atomic mass is 10.0. The van der Waals surface area contributed by atoms with E-state index in [2.05, 4.69) is 83.3 Å². The normalized spacial score (nSPS) is 12.6. The van der Waals surface area contributed by atoms with Crippen LogP contribution >= 0.6 is 11.3 Å². The fourth-order valence-electron chi connectivity index (χ4n) is 4.70. The lowest BCUT2D eigenvalue weighted by Gasteiger charge is -2.14. The maximum atomic E-state index is 2.48. The van der Waals surface area contributed by atoms with Gasteiger partial charge in [0.05, 0.1) is 16.6 Å². The third kappa shape index (κ3) is 1.36. The Bertz CT molecular complexity index is 1630. The van der Waals surface area contributed by atoms with Crippen molar-refractivity contribution < 1.29 is 0 Å². The molecule has 0 amide bonds. The molecule has 0 bridgehead atoms. The zero-order valence-corrected chi connectivity index (χ0v) is 14.7. The molecule has 0 N–H and O–H groups in total. The third-order valence-electron chi connectivity index (χ3n) is 5.73. The minimum atomic E-state index is 1.30. The molecule has 4 aromatic heterocycles. The monoisotopic (exact) mass is 347 g/mol. The van der Waals surface area contributed by atoms with Crippen LogP contribution in [0.3, 0.4) is 0 Å². The number of hydrogen-bond acceptors (Lipinski definition) is 1. The molecule has 0 spiro atoms. The van der Waals surface area contributed by atoms with Gasteiger partial charge in [0.25, 0.3) is 0 Å². The Morgan fingerprint density at radius 2 is 1.23 bits per heavy atom. The Morgan fingerprint density at radius 1 is 0.538 bits per heavy atom. The molecule has 0 radical (unpaired) electrons. The van der Waals surface area contributed by atoms with Gasteiger partial charge < -0.3 is 4.40 Å². The highest BCUT2D eigenvalue weighted by Crippen LogP contribution is 2.45. The van der Waals surface area contributed by atoms with E-state index in [4.69, 9.17) is 0 Å². The molecule has 0 saturated heterocycles. The van der Waals surface area contributed by atoms with Crippen LogP contribution in [-0.4, -0.2) is 4.40 Å². The first kappa shape index (κ1) is 13.2. The SMILES string of the molecule is c1ccc2c(c1)sc1c3cccc4c5ccccc5c5ccc(c21)n5c43. The number of benzene rings is 3. The van der Waals surface area contributed by atoms with Crippen molar-refractivity contribution in [3.63, 3.8) is 0 Å². The molecule has 0 atom stereocenters. The lowest BCUT2D eigenvalue weighted by molar-refractivity contribution is 1.36. The predicted octanol–water partition coefficient (Wildman–Crippen LogP) is 7.20. The second kappa shape index (κ2) is 4.35. The first-order chi connectivity index (χ1) is 12.9. The number of fused-ring (bicyclic) bond motifs is 8. The molecular weight excluding hydrogens is 334 g/mol. The fraction of sp³-hybridized carbons (Fsp3) is 0. The van der Waals surface area contributed by atoms with Gasteiger partial charge in [0.15, 0.2) is 0 Å². The highest BCUT2D eigenvalue weighted by molar-refractivity contribution is 7.26. The number of rotatable bonds is 0. The van der Waals surface area contributed by atoms with E-state index in [1.165, 1.54) is 58.3 Å². The van der Waals surface area contributed by atoms with Crippen LogP contribution in [0.1, 0.15) is 0 Å². The van der Waals surface area contributed by atoms with E-state index in [-0.39, 0.29) is 0 Å². The molecule has 3 aromatic carbocycles. The minimum absolute atomic E-state index is 1.30. The van der Waals surface area contributed by atoms with Crippen LogP contribution in [0, 0.1) is 0 Å². The van der Waals surface area contributed by atoms with Gasteiger partial charge in [-0.25, -0.2) is 0 Å². The summed E-state index contributed by atoms with van der Waals surface area (Å²) in [6, 6.07) is 28.9. The lowest BCUT2D eigenvalue weighted by Crippen LogP contribution is -1.93. The maximum Gasteiger partial charge on any atom is 0.0627 e. The van der Waals surface area contributed by atoms with Gasteiger partial charge in [0.1, 0.15) is 0 Å². The van der Waals surface area contributed by atoms with Gasteiger partial charge in [-0.1, -0.05) is 60.7 Å². The van der Waals surface area contributed by atoms with Gasteiger partial charge in [-0.05, 0) is 23.6 Å². The molecule has 0 unspecified atom stereocenters. The smallest absolute Gasteiger partial charge is 0.0627 e. The summed E-state index contributed by atoms with van der Waals surface area (Å²) in [6.07, 6.45) is 0. The Kier molecular flexibility index (Phi) is 2.20. The molecular formula is C24H13NS. The van der Waals surface area contributed by atoms with Gasteiger partial charge in [-0.3, -0.25) is 0 Å². The number of hydrogen-bond donors (Lipinski definition) is 0. The van der Waals surface area contributed by atoms with Crippen LogP contribution in [0.5, 0.6) is 0 Å². The first-order valence-corrected chi connectivity index (χ1v) is 9.70. The summed E-state index contributed by atoms with van der Waals surface area (Å²) in [5.74, 6) is 0. The van der Waals surface area contributed by atoms with E-state index in [1.54, 1.807) is 0 Å². The summed E-state index contributed by atoms with van der Waals surface area (Å²) < 4.78 is 5.25. The van der Waals surface area contributed by atoms with E-state index >= 15 is 0 Å². The zero-order chi connectivity index (χ0) is 16.8. The molecule has 0 aliphatic carbocycles. The van der Waals surface area contributed by atoms with E-state index in [1.807, 2.05) is 11.3 Å². The van der Waals surface area contributed by atoms with Gasteiger partial charge in [-0.15, -0.1) is 11.3 Å². The summed E-state index contributed by atoms with van der Waals surface area (Å²) in [7, 11) is 0. The van der Waals surface area contributed by atoms with Gasteiger partial charge in [0, 0.05) is 36.3 Å². The second-order valence-electron chi connectivity index (χ2n) is 6.99. The highest BCUT2D eigenvalue weighted by Gasteiger charge is 2.19. The molecule has 0 aliphatic rings. The summed E-state index contributed by atoms with van der Waals surface area (Å²) in [5, 5.41) is 8.12. The highest BCUT2D eigenvalue weighted by atomic mass is 32.1. The molecule has 120 valence electrons. The average molecular weight is 347 g/mol. The van der Waals surface area contributed by atoms with Crippen molar-refractivity contribution in [1.29, 1.82) is 0 Å². The van der Waals surface area contributed by atoms with E-state index in [0.717, 1.165) is 0 Å². The minimum Gasteiger partial charge on any atom is -0.308 e. The van der Waals surface area contributed by atoms with Crippen LogP contribution in [0.4, 0.5) is 0 Å². The molecule has 26 heavy (non-hydrogen) atoms. The van der Waals surface area contributed by atoms with Crippen LogP contribution in [0.15, 0.2) is 78.9 Å². The Balaban J connectivity index is 1.97. The van der Waals surface area contributed by atoms with Crippen LogP contribution in [0.25, 0.3) is 58.3 Å². The third-order valence-corrected chi connectivity index (χ3v) is 6.93. The summed E-state index contributed by atoms with van der Waals surface area (Å²) in [4.78, 5) is 0. The van der Waals surface area contributed by atoms with Crippen molar-refractivity contribution >= 4 is 69.6 Å². The molecule has 7 rings (SSSR count). The molecule has 2 heteroatoms. The molecule has 0 fully saturated rings. The summed E-state index contributed by atoms with van der Waals surface area (Å²) in [5.41, 5.74) is 3.97. The quantitative estimate of drug-likeness (QED) is 0.202. The molecule has 0 saturated carbocycles. The van der Waals surface area contributed by atoms with Crippen molar-refractivity contribution in [2.24, 2.45) is 0 Å². The van der Waals surface area contributed by atoms with Gasteiger partial charge >= 0.3 is 0 Å². The average Bonchev–Trinajstić information content (AvgIpc) is 3.30. The van der Waals surface area contributed by atoms with E-state index in [0.29, 0.717) is 0 Å². The molecule has 1 nitrogen and oxygen atoms in total. The van der Waals surface area contributed by atoms with Crippen molar-refractivity contribution in [2.75, 3.05) is 0 Å². The second-order valence-corrected chi connectivity index (χ2v) is 8.04. The maximum absolute atomic E-state index is 2.48. The molecule has 7 aromatic rings. The topological polar surface area (TPSA) is 4.41 Å². The number of aromatic nitrogens is 1. The van der Waals surface area contributed by atoms with Crippen molar-refractivity contribution in [3.05, 3.63) is 78.9 Å². The first-order valence-electron chi connectivity index (χ1n) is 8.89. The van der Waals surface area contributed by atoms with E-state index < -0.39 is 0 Å². The van der Waals surface area contributed by atoms with Crippen LogP contribution in [0.2, 0.25) is 0 Å². The number of nitrogens with zero attached hydrogens (tertiary/aromatic N) is 1. The van der Waals surface area contributed by atoms with Crippen LogP contribution < -0.4 is 0 Å². The predicted molar refractivity (Wildman–Crippen MR) is 114 cm³/mol. The van der Waals surface area contributed by atoms with Crippen LogP contribution in [-0.2, 0) is 0 Å². The fourth-order valence-corrected chi connectivity index (χ4v) is 5.94. The number of thiophene rings is 1. The molecule has 0 aliphatic heterocycles. The largest absolute Gasteiger partial charge is 0.308 e. The number of para-hydroxylation sites is 1. The molecule has 4 heterocycles. The van der Waals surface area contributed by atoms with Crippen molar-refractivity contribution in [1.82, 2.24) is 4.40 Å². The summed E-state index contributed by atoms with van der Waals surface area (Å²) >= 11 is 1.92. The zero-order valence-electron chi connectivity index (χ0n) is 13.9. The standard InChI is InChI=1S/C24H13NS/c1-2-7-15-14(6-1)16-9-5-10-18-23(16)25-19(15)12-13-20(25)22-17-8-3-4-11-21(17)26-24(18)22/h1-13H. The summed E-state index contributed by atoms with van der Waals surface area (Å²) in [6.45, 7) is 0.